The molecule has 0 saturated carbocycles. The minimum Gasteiger partial charge on any atom is -0.494 e. The fraction of sp³-hybridized carbons (Fsp3) is 0.480. The van der Waals surface area contributed by atoms with Crippen LogP contribution in [0.15, 0.2) is 65.7 Å². The van der Waals surface area contributed by atoms with E-state index in [0.717, 1.165) is 57.3 Å². The Labute approximate surface area is 186 Å². The Kier molecular flexibility index (Phi) is 9.18. The van der Waals surface area contributed by atoms with Gasteiger partial charge < -0.3 is 25.4 Å². The Bertz CT molecular complexity index is 777. The van der Waals surface area contributed by atoms with Crippen molar-refractivity contribution < 1.29 is 9.47 Å². The molecule has 2 aromatic carbocycles. The number of ether oxygens (including phenoxy) is 2. The average Bonchev–Trinajstić information content (AvgIpc) is 2.82. The van der Waals surface area contributed by atoms with Gasteiger partial charge in [0.2, 0.25) is 0 Å². The van der Waals surface area contributed by atoms with Crippen molar-refractivity contribution in [3.05, 3.63) is 66.2 Å². The number of benzene rings is 2. The predicted molar refractivity (Wildman–Crippen MR) is 127 cm³/mol. The number of rotatable bonds is 10. The normalized spacial score (nSPS) is 17.0. The number of para-hydroxylation sites is 1. The second kappa shape index (κ2) is 12.3. The van der Waals surface area contributed by atoms with E-state index >= 15 is 0 Å². The van der Waals surface area contributed by atoms with E-state index in [0.29, 0.717) is 6.61 Å². The van der Waals surface area contributed by atoms with E-state index in [4.69, 9.17) is 9.47 Å². The van der Waals surface area contributed by atoms with E-state index in [-0.39, 0.29) is 11.6 Å². The third-order valence-electron chi connectivity index (χ3n) is 5.72. The Hall–Kier alpha value is -2.57. The molecule has 1 aliphatic heterocycles. The first-order valence-electron chi connectivity index (χ1n) is 11.2. The Morgan fingerprint density at radius 1 is 1.03 bits per heavy atom. The second-order valence-electron chi connectivity index (χ2n) is 8.04. The third-order valence-corrected chi connectivity index (χ3v) is 5.72. The molecule has 0 radical (unpaired) electrons. The number of aliphatic imine (C=N–C) groups is 1. The van der Waals surface area contributed by atoms with Crippen LogP contribution in [0, 0.1) is 0 Å². The summed E-state index contributed by atoms with van der Waals surface area (Å²) in [5.74, 6) is 1.73. The molecule has 1 saturated heterocycles. The Morgan fingerprint density at radius 3 is 2.39 bits per heavy atom. The lowest BCUT2D eigenvalue weighted by atomic mass is 9.88. The van der Waals surface area contributed by atoms with Crippen LogP contribution in [0.5, 0.6) is 5.75 Å². The smallest absolute Gasteiger partial charge is 0.191 e. The van der Waals surface area contributed by atoms with Gasteiger partial charge in [-0.1, -0.05) is 48.5 Å². The summed E-state index contributed by atoms with van der Waals surface area (Å²) >= 11 is 0. The van der Waals surface area contributed by atoms with Crippen LogP contribution in [0.25, 0.3) is 0 Å². The summed E-state index contributed by atoms with van der Waals surface area (Å²) in [6, 6.07) is 20.8. The third kappa shape index (κ3) is 7.56. The van der Waals surface area contributed by atoms with Gasteiger partial charge in [0.1, 0.15) is 5.75 Å². The highest BCUT2D eigenvalue weighted by Crippen LogP contribution is 2.25. The zero-order chi connectivity index (χ0) is 21.8. The molecule has 0 aromatic heterocycles. The maximum Gasteiger partial charge on any atom is 0.191 e. The molecule has 3 N–H and O–H groups in total. The highest BCUT2D eigenvalue weighted by atomic mass is 16.5. The number of guanidine groups is 1. The van der Waals surface area contributed by atoms with E-state index in [2.05, 4.69) is 58.2 Å². The zero-order valence-corrected chi connectivity index (χ0v) is 18.8. The first kappa shape index (κ1) is 23.1. The molecule has 1 unspecified atom stereocenters. The average molecular weight is 425 g/mol. The van der Waals surface area contributed by atoms with Gasteiger partial charge in [0.15, 0.2) is 5.96 Å². The number of nitrogens with zero attached hydrogens (tertiary/aromatic N) is 1. The second-order valence-corrected chi connectivity index (χ2v) is 8.04. The lowest BCUT2D eigenvalue weighted by Crippen LogP contribution is -2.58. The molecule has 3 rings (SSSR count). The first-order valence-corrected chi connectivity index (χ1v) is 11.2. The van der Waals surface area contributed by atoms with Crippen LogP contribution in [0.1, 0.15) is 37.8 Å². The highest BCUT2D eigenvalue weighted by Gasteiger charge is 2.34. The van der Waals surface area contributed by atoms with Gasteiger partial charge in [0.25, 0.3) is 0 Å². The Balaban J connectivity index is 1.45. The van der Waals surface area contributed by atoms with Crippen LogP contribution < -0.4 is 20.7 Å². The van der Waals surface area contributed by atoms with Gasteiger partial charge in [-0.15, -0.1) is 0 Å². The maximum atomic E-state index is 5.75. The maximum absolute atomic E-state index is 5.75. The standard InChI is InChI=1S/C25H36N4O2/c1-21(22-10-5-3-6-11-22)29-25(14-18-30-19-15-25)20-28-24(26-2)27-16-9-17-31-23-12-7-4-8-13-23/h3-8,10-13,21,29H,9,14-20H2,1-2H3,(H2,26,27,28). The molecule has 1 aliphatic rings. The summed E-state index contributed by atoms with van der Waals surface area (Å²) in [6.07, 6.45) is 2.84. The largest absolute Gasteiger partial charge is 0.494 e. The molecule has 31 heavy (non-hydrogen) atoms. The van der Waals surface area contributed by atoms with Gasteiger partial charge in [-0.05, 0) is 43.9 Å². The van der Waals surface area contributed by atoms with Crippen molar-refractivity contribution in [3.63, 3.8) is 0 Å². The number of hydrogen-bond donors (Lipinski definition) is 3. The molecule has 0 spiro atoms. The lowest BCUT2D eigenvalue weighted by Gasteiger charge is -2.41. The van der Waals surface area contributed by atoms with Crippen molar-refractivity contribution >= 4 is 5.96 Å². The molecule has 1 heterocycles. The van der Waals surface area contributed by atoms with Crippen molar-refractivity contribution in [1.82, 2.24) is 16.0 Å². The predicted octanol–water partition coefficient (Wildman–Crippen LogP) is 3.52. The van der Waals surface area contributed by atoms with Crippen molar-refractivity contribution in [3.8, 4) is 5.75 Å². The molecule has 0 bridgehead atoms. The zero-order valence-electron chi connectivity index (χ0n) is 18.8. The van der Waals surface area contributed by atoms with Crippen LogP contribution >= 0.6 is 0 Å². The molecular formula is C25H36N4O2. The minimum absolute atomic E-state index is 0.0262. The van der Waals surface area contributed by atoms with Crippen LogP contribution in [-0.4, -0.2) is 51.5 Å². The quantitative estimate of drug-likeness (QED) is 0.309. The van der Waals surface area contributed by atoms with Gasteiger partial charge in [-0.3, -0.25) is 4.99 Å². The number of nitrogens with one attached hydrogen (secondary N) is 3. The van der Waals surface area contributed by atoms with E-state index in [1.54, 1.807) is 0 Å². The molecule has 0 amide bonds. The van der Waals surface area contributed by atoms with E-state index < -0.39 is 0 Å². The minimum atomic E-state index is -0.0262. The summed E-state index contributed by atoms with van der Waals surface area (Å²) in [6.45, 7) is 6.06. The molecule has 168 valence electrons. The van der Waals surface area contributed by atoms with E-state index in [9.17, 15) is 0 Å². The summed E-state index contributed by atoms with van der Waals surface area (Å²) in [5.41, 5.74) is 1.27. The summed E-state index contributed by atoms with van der Waals surface area (Å²) in [5, 5.41) is 10.8. The Morgan fingerprint density at radius 2 is 1.71 bits per heavy atom. The van der Waals surface area contributed by atoms with Crippen molar-refractivity contribution in [2.75, 3.05) is 40.0 Å². The molecule has 1 atom stereocenters. The topological polar surface area (TPSA) is 66.9 Å². The molecule has 2 aromatic rings. The van der Waals surface area contributed by atoms with Crippen LogP contribution in [0.3, 0.4) is 0 Å². The van der Waals surface area contributed by atoms with Crippen LogP contribution in [0.4, 0.5) is 0 Å². The summed E-state index contributed by atoms with van der Waals surface area (Å²) < 4.78 is 11.4. The van der Waals surface area contributed by atoms with Crippen molar-refractivity contribution in [2.24, 2.45) is 4.99 Å². The summed E-state index contributed by atoms with van der Waals surface area (Å²) in [7, 11) is 1.81. The van der Waals surface area contributed by atoms with Crippen molar-refractivity contribution in [1.29, 1.82) is 0 Å². The van der Waals surface area contributed by atoms with Gasteiger partial charge in [-0.25, -0.2) is 0 Å². The fourth-order valence-electron chi connectivity index (χ4n) is 3.88. The van der Waals surface area contributed by atoms with Crippen molar-refractivity contribution in [2.45, 2.75) is 37.8 Å². The van der Waals surface area contributed by atoms with Gasteiger partial charge in [0, 0.05) is 44.9 Å². The van der Waals surface area contributed by atoms with Gasteiger partial charge >= 0.3 is 0 Å². The molecule has 6 nitrogen and oxygen atoms in total. The molecule has 6 heteroatoms. The number of hydrogen-bond acceptors (Lipinski definition) is 4. The SMILES string of the molecule is CN=C(NCCCOc1ccccc1)NCC1(NC(C)c2ccccc2)CCOCC1. The molecule has 0 aliphatic carbocycles. The van der Waals surface area contributed by atoms with E-state index in [1.165, 1.54) is 5.56 Å². The highest BCUT2D eigenvalue weighted by molar-refractivity contribution is 5.79. The molecular weight excluding hydrogens is 388 g/mol. The molecule has 1 fully saturated rings. The fourth-order valence-corrected chi connectivity index (χ4v) is 3.88. The van der Waals surface area contributed by atoms with E-state index in [1.807, 2.05) is 37.4 Å². The van der Waals surface area contributed by atoms with Crippen LogP contribution in [-0.2, 0) is 4.74 Å². The lowest BCUT2D eigenvalue weighted by molar-refractivity contribution is 0.0355. The summed E-state index contributed by atoms with van der Waals surface area (Å²) in [4.78, 5) is 4.39. The monoisotopic (exact) mass is 424 g/mol. The van der Waals surface area contributed by atoms with Gasteiger partial charge in [0.05, 0.1) is 6.61 Å². The first-order chi connectivity index (χ1) is 15.2. The van der Waals surface area contributed by atoms with Crippen LogP contribution in [0.2, 0.25) is 0 Å². The van der Waals surface area contributed by atoms with Gasteiger partial charge in [-0.2, -0.15) is 0 Å².